The summed E-state index contributed by atoms with van der Waals surface area (Å²) in [5.74, 6) is -0.923. The van der Waals surface area contributed by atoms with Gasteiger partial charge in [0.1, 0.15) is 17.8 Å². The highest BCUT2D eigenvalue weighted by Crippen LogP contribution is 2.24. The summed E-state index contributed by atoms with van der Waals surface area (Å²) in [6.45, 7) is 6.87. The lowest BCUT2D eigenvalue weighted by atomic mass is 10.2. The Bertz CT molecular complexity index is 840. The second kappa shape index (κ2) is 9.47. The third-order valence-electron chi connectivity index (χ3n) is 5.01. The third kappa shape index (κ3) is 6.36. The van der Waals surface area contributed by atoms with Gasteiger partial charge in [0.2, 0.25) is 5.91 Å². The highest BCUT2D eigenvalue weighted by Gasteiger charge is 2.33. The standard InChI is InChI=1S/C20H30FN5O4S/c1-20(2,3)30-19(29)22-9-14(18(28)26-8-5-12(21)10-26)23-16(27)17-24-13-6-7-25(4)11-15(13)31-17/h12,14H,5-11H2,1-4H3,(H,22,29)(H,23,27). The van der Waals surface area contributed by atoms with Gasteiger partial charge in [0.05, 0.1) is 18.8 Å². The molecule has 0 aromatic carbocycles. The van der Waals surface area contributed by atoms with Crippen molar-refractivity contribution in [3.05, 3.63) is 15.6 Å². The van der Waals surface area contributed by atoms with Crippen molar-refractivity contribution in [1.29, 1.82) is 0 Å². The topological polar surface area (TPSA) is 104 Å². The monoisotopic (exact) mass is 455 g/mol. The van der Waals surface area contributed by atoms with Crippen molar-refractivity contribution in [3.63, 3.8) is 0 Å². The molecule has 0 bridgehead atoms. The zero-order valence-corrected chi connectivity index (χ0v) is 19.2. The second-order valence-corrected chi connectivity index (χ2v) is 10.0. The van der Waals surface area contributed by atoms with Crippen LogP contribution in [0.3, 0.4) is 0 Å². The van der Waals surface area contributed by atoms with E-state index in [4.69, 9.17) is 4.74 Å². The van der Waals surface area contributed by atoms with Crippen LogP contribution < -0.4 is 10.6 Å². The average Bonchev–Trinajstić information content (AvgIpc) is 3.28. The van der Waals surface area contributed by atoms with Crippen molar-refractivity contribution < 1.29 is 23.5 Å². The van der Waals surface area contributed by atoms with Crippen LogP contribution in [0, 0.1) is 0 Å². The number of halogens is 1. The van der Waals surface area contributed by atoms with Crippen molar-refractivity contribution in [2.75, 3.05) is 33.2 Å². The number of likely N-dealkylation sites (tertiary alicyclic amines) is 1. The van der Waals surface area contributed by atoms with E-state index < -0.39 is 35.7 Å². The molecule has 0 spiro atoms. The number of likely N-dealkylation sites (N-methyl/N-ethyl adjacent to an activating group) is 1. The second-order valence-electron chi connectivity index (χ2n) is 8.96. The number of alkyl halides is 1. The molecular formula is C20H30FN5O4S. The van der Waals surface area contributed by atoms with Gasteiger partial charge >= 0.3 is 6.09 Å². The summed E-state index contributed by atoms with van der Waals surface area (Å²) >= 11 is 1.30. The van der Waals surface area contributed by atoms with Crippen LogP contribution in [0.25, 0.3) is 0 Å². The number of rotatable bonds is 5. The van der Waals surface area contributed by atoms with Crippen molar-refractivity contribution in [1.82, 2.24) is 25.4 Å². The lowest BCUT2D eigenvalue weighted by Crippen LogP contribution is -2.53. The molecule has 0 radical (unpaired) electrons. The first-order valence-corrected chi connectivity index (χ1v) is 11.2. The Morgan fingerprint density at radius 2 is 2.06 bits per heavy atom. The number of hydrogen-bond acceptors (Lipinski definition) is 7. The molecule has 2 N–H and O–H groups in total. The van der Waals surface area contributed by atoms with Crippen molar-refractivity contribution in [2.45, 2.75) is 58.0 Å². The van der Waals surface area contributed by atoms with Gasteiger partial charge in [-0.2, -0.15) is 0 Å². The summed E-state index contributed by atoms with van der Waals surface area (Å²) in [5, 5.41) is 5.48. The van der Waals surface area contributed by atoms with Crippen LogP contribution in [-0.4, -0.2) is 83.7 Å². The SMILES string of the molecule is CN1CCc2nc(C(=O)NC(CNC(=O)OC(C)(C)C)C(=O)N3CCC(F)C3)sc2C1. The highest BCUT2D eigenvalue weighted by atomic mass is 32.1. The van der Waals surface area contributed by atoms with E-state index >= 15 is 0 Å². The molecule has 9 nitrogen and oxygen atoms in total. The average molecular weight is 456 g/mol. The molecule has 2 aliphatic rings. The van der Waals surface area contributed by atoms with E-state index in [1.54, 1.807) is 20.8 Å². The quantitative estimate of drug-likeness (QED) is 0.694. The van der Waals surface area contributed by atoms with E-state index in [0.717, 1.165) is 30.1 Å². The molecule has 31 heavy (non-hydrogen) atoms. The van der Waals surface area contributed by atoms with Crippen molar-refractivity contribution in [3.8, 4) is 0 Å². The Hall–Kier alpha value is -2.27. The minimum atomic E-state index is -1.08. The zero-order valence-electron chi connectivity index (χ0n) is 18.4. The van der Waals surface area contributed by atoms with Crippen LogP contribution in [0.1, 0.15) is 47.6 Å². The van der Waals surface area contributed by atoms with E-state index in [9.17, 15) is 18.8 Å². The largest absolute Gasteiger partial charge is 0.444 e. The van der Waals surface area contributed by atoms with Crippen molar-refractivity contribution >= 4 is 29.2 Å². The summed E-state index contributed by atoms with van der Waals surface area (Å²) in [6.07, 6.45) is -0.749. The number of ether oxygens (including phenoxy) is 1. The Morgan fingerprint density at radius 1 is 1.32 bits per heavy atom. The van der Waals surface area contributed by atoms with Crippen molar-refractivity contribution in [2.24, 2.45) is 0 Å². The van der Waals surface area contributed by atoms with Gasteiger partial charge in [0.15, 0.2) is 5.01 Å². The number of carbonyl (C=O) groups is 3. The van der Waals surface area contributed by atoms with Crippen LogP contribution in [0.2, 0.25) is 0 Å². The minimum absolute atomic E-state index is 0.0183. The predicted octanol–water partition coefficient (Wildman–Crippen LogP) is 1.32. The lowest BCUT2D eigenvalue weighted by Gasteiger charge is -2.25. The first-order valence-electron chi connectivity index (χ1n) is 10.4. The highest BCUT2D eigenvalue weighted by molar-refractivity contribution is 7.13. The van der Waals surface area contributed by atoms with E-state index in [2.05, 4.69) is 20.5 Å². The van der Waals surface area contributed by atoms with E-state index in [-0.39, 0.29) is 31.1 Å². The molecule has 172 valence electrons. The molecule has 1 aromatic rings. The smallest absolute Gasteiger partial charge is 0.407 e. The molecule has 3 heterocycles. The maximum atomic E-state index is 13.6. The molecule has 3 amide bonds. The summed E-state index contributed by atoms with van der Waals surface area (Å²) in [7, 11) is 2.01. The molecule has 11 heteroatoms. The first kappa shape index (κ1) is 23.4. The van der Waals surface area contributed by atoms with Gasteiger partial charge in [-0.05, 0) is 34.2 Å². The third-order valence-corrected chi connectivity index (χ3v) is 6.09. The minimum Gasteiger partial charge on any atom is -0.444 e. The van der Waals surface area contributed by atoms with Gasteiger partial charge in [0.25, 0.3) is 5.91 Å². The number of aromatic nitrogens is 1. The van der Waals surface area contributed by atoms with Crippen LogP contribution in [0.15, 0.2) is 0 Å². The Kier molecular flexibility index (Phi) is 7.15. The molecule has 2 unspecified atom stereocenters. The van der Waals surface area contributed by atoms with Crippen LogP contribution in [-0.2, 0) is 22.5 Å². The fourth-order valence-corrected chi connectivity index (χ4v) is 4.57. The zero-order chi connectivity index (χ0) is 22.8. The summed E-state index contributed by atoms with van der Waals surface area (Å²) in [6, 6.07) is -1.05. The van der Waals surface area contributed by atoms with Crippen LogP contribution in [0.5, 0.6) is 0 Å². The number of amides is 3. The molecular weight excluding hydrogens is 425 g/mol. The van der Waals surface area contributed by atoms with E-state index in [1.807, 2.05) is 7.05 Å². The lowest BCUT2D eigenvalue weighted by molar-refractivity contribution is -0.132. The number of thiazole rings is 1. The summed E-state index contributed by atoms with van der Waals surface area (Å²) in [4.78, 5) is 46.8. The number of nitrogens with zero attached hydrogens (tertiary/aromatic N) is 3. The Morgan fingerprint density at radius 3 is 2.71 bits per heavy atom. The first-order chi connectivity index (χ1) is 14.5. The molecule has 2 atom stereocenters. The maximum absolute atomic E-state index is 13.6. The molecule has 1 saturated heterocycles. The maximum Gasteiger partial charge on any atom is 0.407 e. The van der Waals surface area contributed by atoms with Gasteiger partial charge in [-0.3, -0.25) is 9.59 Å². The van der Waals surface area contributed by atoms with E-state index in [1.165, 1.54) is 16.2 Å². The number of alkyl carbamates (subject to hydrolysis) is 1. The van der Waals surface area contributed by atoms with Gasteiger partial charge in [-0.15, -0.1) is 11.3 Å². The van der Waals surface area contributed by atoms with Gasteiger partial charge in [0, 0.05) is 30.9 Å². The van der Waals surface area contributed by atoms with Gasteiger partial charge < -0.3 is 25.2 Å². The number of carbonyl (C=O) groups excluding carboxylic acids is 3. The van der Waals surface area contributed by atoms with Crippen LogP contribution in [0.4, 0.5) is 9.18 Å². The fraction of sp³-hybridized carbons (Fsp3) is 0.700. The molecule has 2 aliphatic heterocycles. The number of nitrogens with one attached hydrogen (secondary N) is 2. The molecule has 0 aliphatic carbocycles. The fourth-order valence-electron chi connectivity index (χ4n) is 3.48. The Labute approximate surface area is 185 Å². The molecule has 1 aromatic heterocycles. The Balaban J connectivity index is 1.69. The summed E-state index contributed by atoms with van der Waals surface area (Å²) in [5.41, 5.74) is 0.207. The van der Waals surface area contributed by atoms with Gasteiger partial charge in [-0.25, -0.2) is 14.2 Å². The van der Waals surface area contributed by atoms with E-state index in [0.29, 0.717) is 0 Å². The number of fused-ring (bicyclic) bond motifs is 1. The predicted molar refractivity (Wildman–Crippen MR) is 114 cm³/mol. The number of hydrogen-bond donors (Lipinski definition) is 2. The summed E-state index contributed by atoms with van der Waals surface area (Å²) < 4.78 is 18.8. The normalized spacial score (nSPS) is 20.2. The molecule has 1 fully saturated rings. The molecule has 0 saturated carbocycles. The van der Waals surface area contributed by atoms with Crippen LogP contribution >= 0.6 is 11.3 Å². The molecule has 3 rings (SSSR count). The van der Waals surface area contributed by atoms with Gasteiger partial charge in [-0.1, -0.05) is 0 Å².